The van der Waals surface area contributed by atoms with E-state index in [9.17, 15) is 8.42 Å². The zero-order valence-electron chi connectivity index (χ0n) is 7.09. The zero-order chi connectivity index (χ0) is 9.45. The van der Waals surface area contributed by atoms with E-state index in [4.69, 9.17) is 11.6 Å². The normalized spacial score (nSPS) is 12.5. The lowest BCUT2D eigenvalue weighted by Crippen LogP contribution is -2.22. The highest BCUT2D eigenvalue weighted by Gasteiger charge is 1.98. The van der Waals surface area contributed by atoms with Gasteiger partial charge in [0.1, 0.15) is 9.84 Å². The third kappa shape index (κ3) is 9.94. The number of hydrogen-bond acceptors (Lipinski definition) is 3. The smallest absolute Gasteiger partial charge is 0.148 e. The maximum absolute atomic E-state index is 10.6. The Morgan fingerprint density at radius 3 is 2.58 bits per heavy atom. The first-order valence-corrected chi connectivity index (χ1v) is 6.25. The van der Waals surface area contributed by atoms with Crippen molar-refractivity contribution < 1.29 is 8.42 Å². The highest BCUT2D eigenvalue weighted by Crippen LogP contribution is 1.80. The molecule has 0 aliphatic rings. The molecule has 1 N–H and O–H groups in total. The van der Waals surface area contributed by atoms with Gasteiger partial charge >= 0.3 is 0 Å². The third-order valence-electron chi connectivity index (χ3n) is 1.17. The molecule has 0 saturated heterocycles. The summed E-state index contributed by atoms with van der Waals surface area (Å²) < 4.78 is 21.3. The number of nitrogens with one attached hydrogen (secondary N) is 1. The molecule has 0 unspecified atom stereocenters. The van der Waals surface area contributed by atoms with Crippen LogP contribution in [0.15, 0.2) is 12.2 Å². The van der Waals surface area contributed by atoms with Crippen LogP contribution in [-0.2, 0) is 9.84 Å². The summed E-state index contributed by atoms with van der Waals surface area (Å²) in [6, 6.07) is 0. The predicted octanol–water partition coefficient (Wildman–Crippen LogP) is 0.416. The van der Waals surface area contributed by atoms with Crippen LogP contribution in [0, 0.1) is 0 Å². The summed E-state index contributed by atoms with van der Waals surface area (Å²) in [5.41, 5.74) is 0. The summed E-state index contributed by atoms with van der Waals surface area (Å²) in [5.74, 6) is 0.676. The number of allylic oxidation sites excluding steroid dienone is 1. The first kappa shape index (κ1) is 11.9. The molecule has 3 nitrogen and oxygen atoms in total. The molecule has 0 aromatic heterocycles. The molecule has 0 fully saturated rings. The highest BCUT2D eigenvalue weighted by molar-refractivity contribution is 7.90. The average molecular weight is 212 g/mol. The van der Waals surface area contributed by atoms with E-state index in [0.717, 1.165) is 0 Å². The number of rotatable bonds is 6. The molecule has 0 radical (unpaired) electrons. The lowest BCUT2D eigenvalue weighted by Gasteiger charge is -1.98. The van der Waals surface area contributed by atoms with E-state index < -0.39 is 9.84 Å². The van der Waals surface area contributed by atoms with Gasteiger partial charge in [0, 0.05) is 25.2 Å². The second kappa shape index (κ2) is 6.46. The van der Waals surface area contributed by atoms with E-state index >= 15 is 0 Å². The summed E-state index contributed by atoms with van der Waals surface area (Å²) in [4.78, 5) is 0. The van der Waals surface area contributed by atoms with E-state index in [0.29, 0.717) is 19.0 Å². The van der Waals surface area contributed by atoms with Crippen LogP contribution in [0.25, 0.3) is 0 Å². The van der Waals surface area contributed by atoms with Crippen molar-refractivity contribution in [3.05, 3.63) is 12.2 Å². The number of alkyl halides is 1. The minimum absolute atomic E-state index is 0.182. The van der Waals surface area contributed by atoms with Crippen LogP contribution in [0.2, 0.25) is 0 Å². The fourth-order valence-electron chi connectivity index (χ4n) is 0.589. The van der Waals surface area contributed by atoms with E-state index in [1.807, 2.05) is 12.2 Å². The Labute approximate surface area is 78.7 Å². The fourth-order valence-corrected chi connectivity index (χ4v) is 1.23. The maximum atomic E-state index is 10.6. The molecule has 0 rings (SSSR count). The number of hydrogen-bond donors (Lipinski definition) is 1. The standard InChI is InChI=1S/C7H14ClNO2S/c1-12(10,11)7-6-9-5-3-2-4-8/h2-3,9H,4-7H2,1H3/b3-2+. The SMILES string of the molecule is CS(=O)(=O)CCNC/C=C/CCl. The van der Waals surface area contributed by atoms with Gasteiger partial charge in [-0.25, -0.2) is 8.42 Å². The largest absolute Gasteiger partial charge is 0.312 e. The molecule has 0 aromatic rings. The topological polar surface area (TPSA) is 46.2 Å². The molecule has 0 spiro atoms. The van der Waals surface area contributed by atoms with Crippen LogP contribution in [-0.4, -0.2) is 39.4 Å². The Bertz CT molecular complexity index is 224. The van der Waals surface area contributed by atoms with Crippen molar-refractivity contribution in [2.45, 2.75) is 0 Å². The Balaban J connectivity index is 3.28. The molecule has 0 aromatic carbocycles. The second-order valence-corrected chi connectivity index (χ2v) is 5.03. The van der Waals surface area contributed by atoms with Crippen LogP contribution >= 0.6 is 11.6 Å². The molecule has 0 aliphatic carbocycles. The third-order valence-corrected chi connectivity index (χ3v) is 2.29. The average Bonchev–Trinajstić information content (AvgIpc) is 1.94. The van der Waals surface area contributed by atoms with E-state index in [1.54, 1.807) is 0 Å². The van der Waals surface area contributed by atoms with Crippen LogP contribution < -0.4 is 5.32 Å². The van der Waals surface area contributed by atoms with Crippen molar-refractivity contribution in [3.63, 3.8) is 0 Å². The van der Waals surface area contributed by atoms with Gasteiger partial charge in [-0.2, -0.15) is 0 Å². The van der Waals surface area contributed by atoms with E-state index in [1.165, 1.54) is 6.26 Å². The minimum atomic E-state index is -2.83. The van der Waals surface area contributed by atoms with Gasteiger partial charge in [-0.15, -0.1) is 11.6 Å². The van der Waals surface area contributed by atoms with Gasteiger partial charge in [0.25, 0.3) is 0 Å². The van der Waals surface area contributed by atoms with Gasteiger partial charge in [-0.3, -0.25) is 0 Å². The summed E-state index contributed by atoms with van der Waals surface area (Å²) >= 11 is 5.38. The second-order valence-electron chi connectivity index (χ2n) is 2.46. The van der Waals surface area contributed by atoms with Crippen molar-refractivity contribution in [2.24, 2.45) is 0 Å². The van der Waals surface area contributed by atoms with Crippen LogP contribution in [0.5, 0.6) is 0 Å². The number of halogens is 1. The van der Waals surface area contributed by atoms with Crippen molar-refractivity contribution in [3.8, 4) is 0 Å². The van der Waals surface area contributed by atoms with Gasteiger partial charge in [-0.05, 0) is 0 Å². The van der Waals surface area contributed by atoms with E-state index in [-0.39, 0.29) is 5.75 Å². The summed E-state index contributed by atoms with van der Waals surface area (Å²) in [6.45, 7) is 1.16. The molecule has 0 atom stereocenters. The summed E-state index contributed by atoms with van der Waals surface area (Å²) in [5, 5.41) is 2.95. The van der Waals surface area contributed by atoms with E-state index in [2.05, 4.69) is 5.32 Å². The van der Waals surface area contributed by atoms with Gasteiger partial charge in [0.2, 0.25) is 0 Å². The molecule has 0 amide bonds. The predicted molar refractivity (Wildman–Crippen MR) is 52.4 cm³/mol. The summed E-state index contributed by atoms with van der Waals surface area (Å²) in [6.07, 6.45) is 4.91. The lowest BCUT2D eigenvalue weighted by atomic mass is 10.5. The molecule has 12 heavy (non-hydrogen) atoms. The van der Waals surface area contributed by atoms with Gasteiger partial charge in [0.15, 0.2) is 0 Å². The van der Waals surface area contributed by atoms with Crippen molar-refractivity contribution in [1.29, 1.82) is 0 Å². The lowest BCUT2D eigenvalue weighted by molar-refractivity contribution is 0.598. The quantitative estimate of drug-likeness (QED) is 0.394. The molecule has 0 aliphatic heterocycles. The van der Waals surface area contributed by atoms with Crippen LogP contribution in [0.3, 0.4) is 0 Å². The Morgan fingerprint density at radius 1 is 1.42 bits per heavy atom. The van der Waals surface area contributed by atoms with Crippen molar-refractivity contribution in [1.82, 2.24) is 5.32 Å². The first-order valence-electron chi connectivity index (χ1n) is 3.65. The molecule has 0 saturated carbocycles. The zero-order valence-corrected chi connectivity index (χ0v) is 8.66. The summed E-state index contributed by atoms with van der Waals surface area (Å²) in [7, 11) is -2.83. The monoisotopic (exact) mass is 211 g/mol. The molecule has 5 heteroatoms. The minimum Gasteiger partial charge on any atom is -0.312 e. The Hall–Kier alpha value is -0.0600. The van der Waals surface area contributed by atoms with Crippen molar-refractivity contribution in [2.75, 3.05) is 31.0 Å². The molecular formula is C7H14ClNO2S. The first-order chi connectivity index (χ1) is 5.56. The van der Waals surface area contributed by atoms with Crippen molar-refractivity contribution >= 4 is 21.4 Å². The number of sulfone groups is 1. The van der Waals surface area contributed by atoms with Gasteiger partial charge in [0.05, 0.1) is 5.75 Å². The Morgan fingerprint density at radius 2 is 2.08 bits per heavy atom. The molecule has 0 bridgehead atoms. The molecular weight excluding hydrogens is 198 g/mol. The fraction of sp³-hybridized carbons (Fsp3) is 0.714. The Kier molecular flexibility index (Phi) is 6.42. The van der Waals surface area contributed by atoms with Crippen LogP contribution in [0.1, 0.15) is 0 Å². The molecule has 72 valence electrons. The van der Waals surface area contributed by atoms with Gasteiger partial charge < -0.3 is 5.32 Å². The van der Waals surface area contributed by atoms with Gasteiger partial charge in [-0.1, -0.05) is 12.2 Å². The van der Waals surface area contributed by atoms with Crippen LogP contribution in [0.4, 0.5) is 0 Å². The maximum Gasteiger partial charge on any atom is 0.148 e. The molecule has 0 heterocycles. The highest BCUT2D eigenvalue weighted by atomic mass is 35.5.